The van der Waals surface area contributed by atoms with Crippen LogP contribution in [0.3, 0.4) is 0 Å². The molecule has 5 heteroatoms. The highest BCUT2D eigenvalue weighted by molar-refractivity contribution is 5.78. The van der Waals surface area contributed by atoms with Crippen molar-refractivity contribution in [2.24, 2.45) is 0 Å². The SMILES string of the molecule is CN(C)c1ccc([C@H](O)CNC(=O)Cc2ccc(F)cc2)cc1. The third-order valence-electron chi connectivity index (χ3n) is 3.56. The van der Waals surface area contributed by atoms with Crippen LogP contribution in [0.1, 0.15) is 17.2 Å². The Morgan fingerprint density at radius 2 is 1.74 bits per heavy atom. The molecule has 1 atom stereocenters. The molecular formula is C18H21FN2O2. The maximum absolute atomic E-state index is 12.8. The van der Waals surface area contributed by atoms with Gasteiger partial charge >= 0.3 is 0 Å². The number of hydrogen-bond acceptors (Lipinski definition) is 3. The highest BCUT2D eigenvalue weighted by atomic mass is 19.1. The number of carbonyl (C=O) groups excluding carboxylic acids is 1. The summed E-state index contributed by atoms with van der Waals surface area (Å²) in [5.41, 5.74) is 2.52. The van der Waals surface area contributed by atoms with Crippen LogP contribution in [-0.2, 0) is 11.2 Å². The van der Waals surface area contributed by atoms with Crippen molar-refractivity contribution in [3.05, 3.63) is 65.5 Å². The van der Waals surface area contributed by atoms with Crippen LogP contribution in [0.25, 0.3) is 0 Å². The molecule has 0 spiro atoms. The fraction of sp³-hybridized carbons (Fsp3) is 0.278. The molecule has 0 unspecified atom stereocenters. The minimum atomic E-state index is -0.761. The average Bonchev–Trinajstić information content (AvgIpc) is 2.55. The predicted molar refractivity (Wildman–Crippen MR) is 88.8 cm³/mol. The van der Waals surface area contributed by atoms with Gasteiger partial charge in [-0.25, -0.2) is 4.39 Å². The highest BCUT2D eigenvalue weighted by Crippen LogP contribution is 2.17. The normalized spacial score (nSPS) is 11.8. The van der Waals surface area contributed by atoms with Crippen molar-refractivity contribution >= 4 is 11.6 Å². The van der Waals surface area contributed by atoms with Crippen molar-refractivity contribution in [3.63, 3.8) is 0 Å². The van der Waals surface area contributed by atoms with E-state index in [0.29, 0.717) is 0 Å². The van der Waals surface area contributed by atoms with Crippen LogP contribution in [0.2, 0.25) is 0 Å². The summed E-state index contributed by atoms with van der Waals surface area (Å²) in [6, 6.07) is 13.3. The topological polar surface area (TPSA) is 52.6 Å². The van der Waals surface area contributed by atoms with Crippen molar-refractivity contribution in [3.8, 4) is 0 Å². The molecule has 0 saturated heterocycles. The zero-order chi connectivity index (χ0) is 16.8. The average molecular weight is 316 g/mol. The Hall–Kier alpha value is -2.40. The van der Waals surface area contributed by atoms with E-state index in [1.807, 2.05) is 43.3 Å². The van der Waals surface area contributed by atoms with E-state index in [2.05, 4.69) is 5.32 Å². The molecule has 0 heterocycles. The lowest BCUT2D eigenvalue weighted by Crippen LogP contribution is -2.29. The van der Waals surface area contributed by atoms with Crippen LogP contribution in [0, 0.1) is 5.82 Å². The number of anilines is 1. The van der Waals surface area contributed by atoms with Crippen molar-refractivity contribution in [2.45, 2.75) is 12.5 Å². The summed E-state index contributed by atoms with van der Waals surface area (Å²) >= 11 is 0. The lowest BCUT2D eigenvalue weighted by molar-refractivity contribution is -0.120. The third kappa shape index (κ3) is 5.07. The van der Waals surface area contributed by atoms with Gasteiger partial charge < -0.3 is 15.3 Å². The van der Waals surface area contributed by atoms with Gasteiger partial charge in [-0.15, -0.1) is 0 Å². The van der Waals surface area contributed by atoms with Gasteiger partial charge in [0, 0.05) is 26.3 Å². The molecular weight excluding hydrogens is 295 g/mol. The Balaban J connectivity index is 1.84. The van der Waals surface area contributed by atoms with Crippen molar-refractivity contribution in [2.75, 3.05) is 25.5 Å². The highest BCUT2D eigenvalue weighted by Gasteiger charge is 2.10. The first kappa shape index (κ1) is 17.0. The largest absolute Gasteiger partial charge is 0.387 e. The fourth-order valence-corrected chi connectivity index (χ4v) is 2.17. The summed E-state index contributed by atoms with van der Waals surface area (Å²) in [5.74, 6) is -0.536. The monoisotopic (exact) mass is 316 g/mol. The van der Waals surface area contributed by atoms with E-state index in [1.54, 1.807) is 12.1 Å². The lowest BCUT2D eigenvalue weighted by atomic mass is 10.1. The Morgan fingerprint density at radius 3 is 2.30 bits per heavy atom. The summed E-state index contributed by atoms with van der Waals surface area (Å²) in [6.07, 6.45) is -0.601. The van der Waals surface area contributed by atoms with Gasteiger partial charge in [-0.1, -0.05) is 24.3 Å². The van der Waals surface area contributed by atoms with Crippen LogP contribution in [0.15, 0.2) is 48.5 Å². The number of rotatable bonds is 6. The second-order valence-corrected chi connectivity index (χ2v) is 5.61. The maximum Gasteiger partial charge on any atom is 0.224 e. The summed E-state index contributed by atoms with van der Waals surface area (Å²) in [4.78, 5) is 13.8. The first-order chi connectivity index (χ1) is 11.0. The first-order valence-electron chi connectivity index (χ1n) is 7.42. The number of halogens is 1. The quantitative estimate of drug-likeness (QED) is 0.860. The van der Waals surface area contributed by atoms with Gasteiger partial charge in [0.2, 0.25) is 5.91 Å². The van der Waals surface area contributed by atoms with Crippen LogP contribution < -0.4 is 10.2 Å². The molecule has 0 saturated carbocycles. The second-order valence-electron chi connectivity index (χ2n) is 5.61. The van der Waals surface area contributed by atoms with Crippen LogP contribution in [0.5, 0.6) is 0 Å². The van der Waals surface area contributed by atoms with E-state index in [-0.39, 0.29) is 24.7 Å². The number of benzene rings is 2. The van der Waals surface area contributed by atoms with E-state index in [9.17, 15) is 14.3 Å². The van der Waals surface area contributed by atoms with E-state index in [4.69, 9.17) is 0 Å². The summed E-state index contributed by atoms with van der Waals surface area (Å²) in [6.45, 7) is 0.140. The van der Waals surface area contributed by atoms with Gasteiger partial charge in [-0.05, 0) is 35.4 Å². The number of carbonyl (C=O) groups is 1. The number of aliphatic hydroxyl groups is 1. The van der Waals surface area contributed by atoms with Crippen molar-refractivity contribution < 1.29 is 14.3 Å². The molecule has 4 nitrogen and oxygen atoms in total. The molecule has 2 rings (SSSR count). The fourth-order valence-electron chi connectivity index (χ4n) is 2.17. The zero-order valence-electron chi connectivity index (χ0n) is 13.3. The number of nitrogens with zero attached hydrogens (tertiary/aromatic N) is 1. The van der Waals surface area contributed by atoms with Crippen LogP contribution in [-0.4, -0.2) is 31.7 Å². The molecule has 0 aromatic heterocycles. The smallest absolute Gasteiger partial charge is 0.224 e. The minimum Gasteiger partial charge on any atom is -0.387 e. The molecule has 23 heavy (non-hydrogen) atoms. The summed E-state index contributed by atoms with van der Waals surface area (Å²) in [7, 11) is 3.89. The molecule has 2 aromatic carbocycles. The zero-order valence-corrected chi connectivity index (χ0v) is 13.3. The molecule has 0 aliphatic heterocycles. The van der Waals surface area contributed by atoms with Gasteiger partial charge in [0.05, 0.1) is 12.5 Å². The number of aliphatic hydroxyl groups excluding tert-OH is 1. The standard InChI is InChI=1S/C18H21FN2O2/c1-21(2)16-9-5-14(6-10-16)17(22)12-20-18(23)11-13-3-7-15(19)8-4-13/h3-10,17,22H,11-12H2,1-2H3,(H,20,23)/t17-/m1/s1. The van der Waals surface area contributed by atoms with Crippen molar-refractivity contribution in [1.82, 2.24) is 5.32 Å². The second kappa shape index (κ2) is 7.74. The molecule has 0 fully saturated rings. The Bertz CT molecular complexity index is 639. The molecule has 0 radical (unpaired) electrons. The first-order valence-corrected chi connectivity index (χ1v) is 7.42. The molecule has 0 bridgehead atoms. The van der Waals surface area contributed by atoms with Gasteiger partial charge in [0.15, 0.2) is 0 Å². The third-order valence-corrected chi connectivity index (χ3v) is 3.56. The molecule has 2 N–H and O–H groups in total. The Kier molecular flexibility index (Phi) is 5.71. The minimum absolute atomic E-state index is 0.140. The Morgan fingerprint density at radius 1 is 1.13 bits per heavy atom. The maximum atomic E-state index is 12.8. The van der Waals surface area contributed by atoms with E-state index in [0.717, 1.165) is 16.8 Å². The molecule has 1 amide bonds. The van der Waals surface area contributed by atoms with Crippen molar-refractivity contribution in [1.29, 1.82) is 0 Å². The number of nitrogens with one attached hydrogen (secondary N) is 1. The van der Waals surface area contributed by atoms with Gasteiger partial charge in [-0.3, -0.25) is 4.79 Å². The summed E-state index contributed by atoms with van der Waals surface area (Å²) in [5, 5.41) is 12.8. The molecule has 122 valence electrons. The van der Waals surface area contributed by atoms with E-state index >= 15 is 0 Å². The predicted octanol–water partition coefficient (Wildman–Crippen LogP) is 2.28. The van der Waals surface area contributed by atoms with Crippen LogP contribution in [0.4, 0.5) is 10.1 Å². The number of amides is 1. The molecule has 0 aliphatic rings. The number of hydrogen-bond donors (Lipinski definition) is 2. The summed E-state index contributed by atoms with van der Waals surface area (Å²) < 4.78 is 12.8. The lowest BCUT2D eigenvalue weighted by Gasteiger charge is -2.15. The molecule has 0 aliphatic carbocycles. The van der Waals surface area contributed by atoms with E-state index < -0.39 is 6.10 Å². The van der Waals surface area contributed by atoms with Gasteiger partial charge in [0.1, 0.15) is 5.82 Å². The van der Waals surface area contributed by atoms with Gasteiger partial charge in [-0.2, -0.15) is 0 Å². The van der Waals surface area contributed by atoms with Crippen LogP contribution >= 0.6 is 0 Å². The Labute approximate surface area is 135 Å². The molecule has 2 aromatic rings. The van der Waals surface area contributed by atoms with E-state index in [1.165, 1.54) is 12.1 Å². The van der Waals surface area contributed by atoms with Gasteiger partial charge in [0.25, 0.3) is 0 Å².